The summed E-state index contributed by atoms with van der Waals surface area (Å²) in [6.07, 6.45) is 0. The third kappa shape index (κ3) is 3.34. The molecule has 12 rings (SSSR count). The van der Waals surface area contributed by atoms with Crippen molar-refractivity contribution in [3.63, 3.8) is 0 Å². The molecule has 12 aromatic rings. The zero-order chi connectivity index (χ0) is 32.5. The lowest BCUT2D eigenvalue weighted by Crippen LogP contribution is -2.03. The van der Waals surface area contributed by atoms with Crippen molar-refractivity contribution in [3.8, 4) is 17.2 Å². The molecule has 4 heteroatoms. The molecule has 0 saturated heterocycles. The molecule has 230 valence electrons. The summed E-state index contributed by atoms with van der Waals surface area (Å²) in [4.78, 5) is 10.9. The average molecular weight is 635 g/mol. The van der Waals surface area contributed by atoms with Gasteiger partial charge in [-0.3, -0.25) is 4.57 Å². The van der Waals surface area contributed by atoms with Crippen LogP contribution >= 0.6 is 0 Å². The molecule has 0 aliphatic carbocycles. The Morgan fingerprint density at radius 1 is 0.380 bits per heavy atom. The van der Waals surface area contributed by atoms with Crippen LogP contribution in [0, 0.1) is 0 Å². The van der Waals surface area contributed by atoms with Gasteiger partial charge in [-0.1, -0.05) is 115 Å². The van der Waals surface area contributed by atoms with Gasteiger partial charge in [0.2, 0.25) is 5.95 Å². The van der Waals surface area contributed by atoms with Gasteiger partial charge in [0.05, 0.1) is 38.8 Å². The van der Waals surface area contributed by atoms with Crippen molar-refractivity contribution in [3.05, 3.63) is 158 Å². The van der Waals surface area contributed by atoms with Crippen molar-refractivity contribution >= 4 is 92.3 Å². The summed E-state index contributed by atoms with van der Waals surface area (Å²) >= 11 is 0. The van der Waals surface area contributed by atoms with Crippen LogP contribution < -0.4 is 0 Å². The molecule has 0 atom stereocenters. The molecule has 0 unspecified atom stereocenters. The van der Waals surface area contributed by atoms with E-state index in [9.17, 15) is 0 Å². The van der Waals surface area contributed by atoms with E-state index in [1.54, 1.807) is 0 Å². The van der Waals surface area contributed by atoms with Crippen LogP contribution in [-0.4, -0.2) is 18.9 Å². The van der Waals surface area contributed by atoms with Crippen LogP contribution in [0.15, 0.2) is 158 Å². The van der Waals surface area contributed by atoms with Crippen LogP contribution in [0.5, 0.6) is 0 Å². The van der Waals surface area contributed by atoms with E-state index in [4.69, 9.17) is 9.97 Å². The Bertz CT molecular complexity index is 3380. The Labute approximate surface area is 285 Å². The van der Waals surface area contributed by atoms with Gasteiger partial charge in [0.1, 0.15) is 0 Å². The molecule has 4 nitrogen and oxygen atoms in total. The topological polar surface area (TPSA) is 35.1 Å². The zero-order valence-electron chi connectivity index (χ0n) is 26.8. The lowest BCUT2D eigenvalue weighted by molar-refractivity contribution is 1.02. The SMILES string of the molecule is c1ccc2cc(-c3nc(-n4c5cc6ccccc6cc5c5cc6c7ccccc7n7c8ccccc8c(c54)c67)nc4ccccc34)ccc2c1. The molecule has 50 heavy (non-hydrogen) atoms. The smallest absolute Gasteiger partial charge is 0.235 e. The van der Waals surface area contributed by atoms with Crippen LogP contribution in [0.2, 0.25) is 0 Å². The Kier molecular flexibility index (Phi) is 4.94. The summed E-state index contributed by atoms with van der Waals surface area (Å²) in [5.74, 6) is 0.671. The van der Waals surface area contributed by atoms with Crippen molar-refractivity contribution in [1.82, 2.24) is 18.9 Å². The van der Waals surface area contributed by atoms with Crippen molar-refractivity contribution < 1.29 is 0 Å². The molecule has 0 saturated carbocycles. The summed E-state index contributed by atoms with van der Waals surface area (Å²) in [5, 5.41) is 13.2. The first kappa shape index (κ1) is 26.2. The number of para-hydroxylation sites is 3. The van der Waals surface area contributed by atoms with Crippen LogP contribution in [0.1, 0.15) is 0 Å². The highest BCUT2D eigenvalue weighted by atomic mass is 15.2. The fraction of sp³-hybridized carbons (Fsp3) is 0. The summed E-state index contributed by atoms with van der Waals surface area (Å²) < 4.78 is 4.79. The van der Waals surface area contributed by atoms with E-state index >= 15 is 0 Å². The largest absolute Gasteiger partial charge is 0.308 e. The maximum atomic E-state index is 5.52. The highest BCUT2D eigenvalue weighted by molar-refractivity contribution is 6.34. The van der Waals surface area contributed by atoms with Gasteiger partial charge in [-0.25, -0.2) is 9.97 Å². The first-order valence-corrected chi connectivity index (χ1v) is 17.1. The van der Waals surface area contributed by atoms with Crippen LogP contribution in [0.3, 0.4) is 0 Å². The molecule has 0 spiro atoms. The standard InChI is InChI=1S/C46H26N4/c1-2-12-28-23-31(22-21-27(28)11-1)43-33-16-5-8-18-38(33)47-46(48-43)50-41-25-30-14-4-3-13-29(30)24-35(41)37-26-36-32-15-6-9-19-39(32)49-40-20-10-7-17-34(40)42(44(36)49)45(37)50/h1-26H. The van der Waals surface area contributed by atoms with E-state index in [0.717, 1.165) is 33.2 Å². The minimum absolute atomic E-state index is 0.671. The minimum atomic E-state index is 0.671. The molecule has 4 aromatic heterocycles. The predicted octanol–water partition coefficient (Wildman–Crippen LogP) is 11.9. The zero-order valence-corrected chi connectivity index (χ0v) is 26.8. The van der Waals surface area contributed by atoms with Gasteiger partial charge in [0, 0.05) is 43.3 Å². The predicted molar refractivity (Wildman–Crippen MR) is 209 cm³/mol. The van der Waals surface area contributed by atoms with Gasteiger partial charge in [-0.15, -0.1) is 0 Å². The number of rotatable bonds is 2. The van der Waals surface area contributed by atoms with Crippen molar-refractivity contribution in [2.24, 2.45) is 0 Å². The maximum Gasteiger partial charge on any atom is 0.235 e. The number of benzene rings is 8. The van der Waals surface area contributed by atoms with E-state index in [1.165, 1.54) is 70.4 Å². The third-order valence-corrected chi connectivity index (χ3v) is 10.8. The van der Waals surface area contributed by atoms with E-state index in [0.29, 0.717) is 5.95 Å². The third-order valence-electron chi connectivity index (χ3n) is 10.8. The van der Waals surface area contributed by atoms with Crippen molar-refractivity contribution in [1.29, 1.82) is 0 Å². The fourth-order valence-electron chi connectivity index (χ4n) is 8.62. The second-order valence-electron chi connectivity index (χ2n) is 13.4. The number of fused-ring (bicyclic) bond motifs is 13. The molecule has 0 aliphatic heterocycles. The van der Waals surface area contributed by atoms with Crippen LogP contribution in [-0.2, 0) is 0 Å². The van der Waals surface area contributed by atoms with Crippen molar-refractivity contribution in [2.45, 2.75) is 0 Å². The van der Waals surface area contributed by atoms with Gasteiger partial charge >= 0.3 is 0 Å². The summed E-state index contributed by atoms with van der Waals surface area (Å²) in [6.45, 7) is 0. The maximum absolute atomic E-state index is 5.52. The second-order valence-corrected chi connectivity index (χ2v) is 13.4. The van der Waals surface area contributed by atoms with Gasteiger partial charge in [-0.05, 0) is 64.0 Å². The summed E-state index contributed by atoms with van der Waals surface area (Å²) in [6, 6.07) is 56.9. The molecule has 0 radical (unpaired) electrons. The van der Waals surface area contributed by atoms with E-state index in [-0.39, 0.29) is 0 Å². The Balaban J connectivity index is 1.31. The van der Waals surface area contributed by atoms with Gasteiger partial charge in [-0.2, -0.15) is 0 Å². The fourth-order valence-corrected chi connectivity index (χ4v) is 8.62. The number of nitrogens with zero attached hydrogens (tertiary/aromatic N) is 4. The summed E-state index contributed by atoms with van der Waals surface area (Å²) in [7, 11) is 0. The number of hydrogen-bond acceptors (Lipinski definition) is 2. The molecule has 8 aromatic carbocycles. The first-order valence-electron chi connectivity index (χ1n) is 17.1. The highest BCUT2D eigenvalue weighted by Gasteiger charge is 2.26. The molecule has 0 bridgehead atoms. The second kappa shape index (κ2) is 9.43. The number of aromatic nitrogens is 4. The molecule has 0 amide bonds. The quantitative estimate of drug-likeness (QED) is 0.190. The monoisotopic (exact) mass is 634 g/mol. The molecule has 0 N–H and O–H groups in total. The van der Waals surface area contributed by atoms with E-state index in [2.05, 4.69) is 167 Å². The van der Waals surface area contributed by atoms with Gasteiger partial charge < -0.3 is 4.40 Å². The Hall–Kier alpha value is -6.78. The number of hydrogen-bond donors (Lipinski definition) is 0. The van der Waals surface area contributed by atoms with E-state index in [1.807, 2.05) is 0 Å². The normalized spacial score (nSPS) is 12.4. The Morgan fingerprint density at radius 2 is 1.00 bits per heavy atom. The molecular formula is C46H26N4. The Morgan fingerprint density at radius 3 is 1.82 bits per heavy atom. The summed E-state index contributed by atoms with van der Waals surface area (Å²) in [5.41, 5.74) is 8.83. The lowest BCUT2D eigenvalue weighted by Gasteiger charge is -2.13. The van der Waals surface area contributed by atoms with Gasteiger partial charge in [0.15, 0.2) is 0 Å². The molecule has 0 fully saturated rings. The highest BCUT2D eigenvalue weighted by Crippen LogP contribution is 2.47. The molecule has 0 aliphatic rings. The lowest BCUT2D eigenvalue weighted by atomic mass is 10.0. The minimum Gasteiger partial charge on any atom is -0.308 e. The van der Waals surface area contributed by atoms with Crippen LogP contribution in [0.25, 0.3) is 110 Å². The molecular weight excluding hydrogens is 609 g/mol. The average Bonchev–Trinajstić information content (AvgIpc) is 3.80. The van der Waals surface area contributed by atoms with Crippen molar-refractivity contribution in [2.75, 3.05) is 0 Å². The molecule has 4 heterocycles. The van der Waals surface area contributed by atoms with Crippen LogP contribution in [0.4, 0.5) is 0 Å². The van der Waals surface area contributed by atoms with E-state index < -0.39 is 0 Å². The van der Waals surface area contributed by atoms with Gasteiger partial charge in [0.25, 0.3) is 0 Å². The first-order chi connectivity index (χ1) is 24.8.